The molecule has 0 fully saturated rings. The van der Waals surface area contributed by atoms with Gasteiger partial charge in [-0.3, -0.25) is 20.4 Å². The van der Waals surface area contributed by atoms with Crippen molar-refractivity contribution >= 4 is 29.4 Å². The Morgan fingerprint density at radius 1 is 1.23 bits per heavy atom. The molecule has 0 heterocycles. The summed E-state index contributed by atoms with van der Waals surface area (Å²) in [4.78, 5) is 33.9. The fourth-order valence-electron chi connectivity index (χ4n) is 1.30. The molecule has 22 heavy (non-hydrogen) atoms. The largest absolute Gasteiger partial charge is 0.459 e. The van der Waals surface area contributed by atoms with Gasteiger partial charge in [-0.05, 0) is 25.1 Å². The van der Waals surface area contributed by atoms with Gasteiger partial charge in [-0.15, -0.1) is 0 Å². The van der Waals surface area contributed by atoms with Crippen molar-refractivity contribution in [3.05, 3.63) is 34.3 Å². The first-order valence-corrected chi connectivity index (χ1v) is 6.18. The van der Waals surface area contributed by atoms with Crippen LogP contribution in [-0.4, -0.2) is 24.4 Å². The number of carbonyl (C=O) groups is 3. The summed E-state index contributed by atoms with van der Waals surface area (Å²) < 4.78 is 42.0. The van der Waals surface area contributed by atoms with E-state index in [4.69, 9.17) is 11.6 Å². The molecule has 6 nitrogen and oxygen atoms in total. The van der Waals surface area contributed by atoms with Crippen LogP contribution in [0.5, 0.6) is 0 Å². The number of benzene rings is 1. The summed E-state index contributed by atoms with van der Waals surface area (Å²) in [5.74, 6) is -3.65. The Hall–Kier alpha value is -2.29. The lowest BCUT2D eigenvalue weighted by Gasteiger charge is -2.11. The molecular formula is C12H10ClF3N2O4. The normalized spacial score (nSPS) is 10.8. The van der Waals surface area contributed by atoms with Gasteiger partial charge in [0.15, 0.2) is 0 Å². The van der Waals surface area contributed by atoms with Crippen LogP contribution in [0.2, 0.25) is 5.02 Å². The van der Waals surface area contributed by atoms with E-state index in [2.05, 4.69) is 4.74 Å². The Labute approximate surface area is 127 Å². The van der Waals surface area contributed by atoms with Crippen LogP contribution in [0.25, 0.3) is 0 Å². The molecule has 0 aliphatic heterocycles. The van der Waals surface area contributed by atoms with Gasteiger partial charge in [0.25, 0.3) is 5.91 Å². The number of nitrogens with one attached hydrogen (secondary N) is 2. The quantitative estimate of drug-likeness (QED) is 0.488. The number of carbonyl (C=O) groups excluding carboxylic acids is 3. The third-order valence-electron chi connectivity index (χ3n) is 2.29. The number of hydrazine groups is 1. The van der Waals surface area contributed by atoms with E-state index >= 15 is 0 Å². The molecule has 0 atom stereocenters. The van der Waals surface area contributed by atoms with E-state index < -0.39 is 35.1 Å². The van der Waals surface area contributed by atoms with Crippen molar-refractivity contribution in [1.82, 2.24) is 10.9 Å². The summed E-state index contributed by atoms with van der Waals surface area (Å²) in [6.07, 6.45) is -4.66. The van der Waals surface area contributed by atoms with E-state index in [1.165, 1.54) is 6.92 Å². The van der Waals surface area contributed by atoms with Crippen molar-refractivity contribution in [2.75, 3.05) is 6.61 Å². The van der Waals surface area contributed by atoms with E-state index in [-0.39, 0.29) is 11.6 Å². The molecule has 1 aromatic rings. The first-order valence-electron chi connectivity index (χ1n) is 5.81. The van der Waals surface area contributed by atoms with Crippen LogP contribution >= 0.6 is 11.6 Å². The van der Waals surface area contributed by atoms with Crippen LogP contribution in [0.4, 0.5) is 13.2 Å². The first kappa shape index (κ1) is 17.8. The summed E-state index contributed by atoms with van der Waals surface area (Å²) in [6, 6.07) is 2.12. The highest BCUT2D eigenvalue weighted by Crippen LogP contribution is 2.31. The third kappa shape index (κ3) is 4.62. The molecule has 1 aromatic carbocycles. The van der Waals surface area contributed by atoms with Gasteiger partial charge in [-0.1, -0.05) is 11.6 Å². The van der Waals surface area contributed by atoms with Crippen molar-refractivity contribution < 1.29 is 32.3 Å². The standard InChI is InChI=1S/C12H10ClF3N2O4/c1-2-22-11(21)10(20)18-17-9(19)7-5-6(12(14,15)16)3-4-8(7)13/h3-5H,2H2,1H3,(H,17,19)(H,18,20). The lowest BCUT2D eigenvalue weighted by atomic mass is 10.1. The molecule has 0 unspecified atom stereocenters. The smallest absolute Gasteiger partial charge is 0.416 e. The molecule has 0 bridgehead atoms. The topological polar surface area (TPSA) is 84.5 Å². The molecule has 0 aromatic heterocycles. The highest BCUT2D eigenvalue weighted by atomic mass is 35.5. The maximum atomic E-state index is 12.6. The molecule has 0 radical (unpaired) electrons. The zero-order valence-electron chi connectivity index (χ0n) is 11.1. The van der Waals surface area contributed by atoms with Crippen molar-refractivity contribution in [3.63, 3.8) is 0 Å². The molecular weight excluding hydrogens is 329 g/mol. The fraction of sp³-hybridized carbons (Fsp3) is 0.250. The predicted molar refractivity (Wildman–Crippen MR) is 68.7 cm³/mol. The minimum absolute atomic E-state index is 0.0559. The molecule has 0 aliphatic carbocycles. The Bertz CT molecular complexity index is 605. The number of halogens is 4. The second-order valence-electron chi connectivity index (χ2n) is 3.82. The monoisotopic (exact) mass is 338 g/mol. The number of ether oxygens (including phenoxy) is 1. The Morgan fingerprint density at radius 2 is 1.86 bits per heavy atom. The summed E-state index contributed by atoms with van der Waals surface area (Å²) in [7, 11) is 0. The number of esters is 1. The lowest BCUT2D eigenvalue weighted by Crippen LogP contribution is -2.45. The minimum atomic E-state index is -4.66. The molecule has 0 saturated carbocycles. The maximum Gasteiger partial charge on any atom is 0.416 e. The molecule has 0 saturated heterocycles. The van der Waals surface area contributed by atoms with Gasteiger partial charge in [0.1, 0.15) is 0 Å². The van der Waals surface area contributed by atoms with E-state index in [1.54, 1.807) is 10.9 Å². The van der Waals surface area contributed by atoms with Crippen LogP contribution in [0, 0.1) is 0 Å². The molecule has 2 amide bonds. The molecule has 2 N–H and O–H groups in total. The summed E-state index contributed by atoms with van der Waals surface area (Å²) in [5.41, 5.74) is 1.87. The van der Waals surface area contributed by atoms with E-state index in [0.29, 0.717) is 12.1 Å². The van der Waals surface area contributed by atoms with Crippen LogP contribution < -0.4 is 10.9 Å². The van der Waals surface area contributed by atoms with Gasteiger partial charge in [0.2, 0.25) is 0 Å². The maximum absolute atomic E-state index is 12.6. The third-order valence-corrected chi connectivity index (χ3v) is 2.62. The number of rotatable bonds is 2. The van der Waals surface area contributed by atoms with Crippen molar-refractivity contribution in [1.29, 1.82) is 0 Å². The second kappa shape index (κ2) is 7.12. The summed E-state index contributed by atoms with van der Waals surface area (Å²) in [5, 5.41) is -0.254. The van der Waals surface area contributed by atoms with Crippen LogP contribution in [-0.2, 0) is 20.5 Å². The Morgan fingerprint density at radius 3 is 2.41 bits per heavy atom. The number of amides is 2. The fourth-order valence-corrected chi connectivity index (χ4v) is 1.51. The molecule has 1 rings (SSSR count). The molecule has 0 spiro atoms. The van der Waals surface area contributed by atoms with Gasteiger partial charge >= 0.3 is 18.1 Å². The highest BCUT2D eigenvalue weighted by molar-refractivity contribution is 6.34. The Kier molecular flexibility index (Phi) is 5.75. The first-order chi connectivity index (χ1) is 10.2. The average Bonchev–Trinajstić information content (AvgIpc) is 2.43. The zero-order chi connectivity index (χ0) is 16.9. The van der Waals surface area contributed by atoms with Crippen molar-refractivity contribution in [2.24, 2.45) is 0 Å². The number of hydrogen-bond donors (Lipinski definition) is 2. The Balaban J connectivity index is 2.82. The van der Waals surface area contributed by atoms with Gasteiger partial charge in [0.05, 0.1) is 22.8 Å². The van der Waals surface area contributed by atoms with Gasteiger partial charge in [-0.2, -0.15) is 13.2 Å². The summed E-state index contributed by atoms with van der Waals surface area (Å²) in [6.45, 7) is 1.41. The van der Waals surface area contributed by atoms with E-state index in [0.717, 1.165) is 6.07 Å². The van der Waals surface area contributed by atoms with Crippen LogP contribution in [0.15, 0.2) is 18.2 Å². The van der Waals surface area contributed by atoms with Gasteiger partial charge in [0, 0.05) is 0 Å². The zero-order valence-corrected chi connectivity index (χ0v) is 11.8. The van der Waals surface area contributed by atoms with Crippen molar-refractivity contribution in [3.8, 4) is 0 Å². The molecule has 120 valence electrons. The van der Waals surface area contributed by atoms with Gasteiger partial charge in [-0.25, -0.2) is 4.79 Å². The number of alkyl halides is 3. The summed E-state index contributed by atoms with van der Waals surface area (Å²) >= 11 is 5.64. The lowest BCUT2D eigenvalue weighted by molar-refractivity contribution is -0.154. The van der Waals surface area contributed by atoms with Crippen molar-refractivity contribution in [2.45, 2.75) is 13.1 Å². The predicted octanol–water partition coefficient (Wildman–Crippen LogP) is 1.68. The number of hydrogen-bond acceptors (Lipinski definition) is 4. The SMILES string of the molecule is CCOC(=O)C(=O)NNC(=O)c1cc(C(F)(F)F)ccc1Cl. The second-order valence-corrected chi connectivity index (χ2v) is 4.23. The van der Waals surface area contributed by atoms with Gasteiger partial charge < -0.3 is 4.74 Å². The average molecular weight is 339 g/mol. The van der Waals surface area contributed by atoms with E-state index in [9.17, 15) is 27.6 Å². The molecule has 10 heteroatoms. The highest BCUT2D eigenvalue weighted by Gasteiger charge is 2.31. The van der Waals surface area contributed by atoms with E-state index in [1.807, 2.05) is 0 Å². The minimum Gasteiger partial charge on any atom is -0.459 e. The van der Waals surface area contributed by atoms with Crippen LogP contribution in [0.1, 0.15) is 22.8 Å². The molecule has 0 aliphatic rings. The van der Waals surface area contributed by atoms with Crippen LogP contribution in [0.3, 0.4) is 0 Å².